The van der Waals surface area contributed by atoms with Crippen LogP contribution in [0.5, 0.6) is 0 Å². The summed E-state index contributed by atoms with van der Waals surface area (Å²) in [5.74, 6) is 2.42. The lowest BCUT2D eigenvalue weighted by molar-refractivity contribution is 0.405. The van der Waals surface area contributed by atoms with E-state index in [0.29, 0.717) is 0 Å². The molecule has 1 heterocycles. The molecule has 1 saturated heterocycles. The summed E-state index contributed by atoms with van der Waals surface area (Å²) in [6.07, 6.45) is 2.35. The summed E-state index contributed by atoms with van der Waals surface area (Å²) in [7, 11) is 0. The third-order valence-electron chi connectivity index (χ3n) is 3.28. The van der Waals surface area contributed by atoms with Crippen LogP contribution in [0.4, 0.5) is 0 Å². The fraction of sp³-hybridized carbons (Fsp3) is 0.500. The van der Waals surface area contributed by atoms with E-state index < -0.39 is 0 Å². The van der Waals surface area contributed by atoms with E-state index in [0.717, 1.165) is 11.6 Å². The highest BCUT2D eigenvalue weighted by atomic mass is 35.5. The Morgan fingerprint density at radius 1 is 1.33 bits per heavy atom. The van der Waals surface area contributed by atoms with Gasteiger partial charge in [-0.05, 0) is 42.0 Å². The van der Waals surface area contributed by atoms with Crippen molar-refractivity contribution in [1.29, 1.82) is 0 Å². The molecule has 0 spiro atoms. The van der Waals surface area contributed by atoms with Crippen molar-refractivity contribution < 1.29 is 0 Å². The Hall–Kier alpha value is -0.180. The van der Waals surface area contributed by atoms with Crippen LogP contribution in [0.3, 0.4) is 0 Å². The normalized spacial score (nSPS) is 20.1. The van der Waals surface area contributed by atoms with E-state index in [1.54, 1.807) is 0 Å². The zero-order chi connectivity index (χ0) is 10.7. The molecule has 15 heavy (non-hydrogen) atoms. The predicted molar refractivity (Wildman–Crippen MR) is 68.7 cm³/mol. The molecule has 1 nitrogen and oxygen atoms in total. The van der Waals surface area contributed by atoms with Gasteiger partial charge in [-0.1, -0.05) is 23.7 Å². The molecule has 0 amide bonds. The molecule has 0 saturated carbocycles. The standard InChI is InChI=1S/C12H16ClNS/c13-11-3-1-2-10(8-11)12(9-14)4-6-15-7-5-12/h1-3,8H,4-7,9,14H2. The SMILES string of the molecule is NCC1(c2cccc(Cl)c2)CCSCC1. The lowest BCUT2D eigenvalue weighted by Crippen LogP contribution is -2.38. The van der Waals surface area contributed by atoms with Gasteiger partial charge in [0.05, 0.1) is 0 Å². The molecule has 0 aliphatic carbocycles. The van der Waals surface area contributed by atoms with Gasteiger partial charge in [0.1, 0.15) is 0 Å². The van der Waals surface area contributed by atoms with Crippen LogP contribution in [-0.2, 0) is 5.41 Å². The van der Waals surface area contributed by atoms with E-state index >= 15 is 0 Å². The number of halogens is 1. The fourth-order valence-electron chi connectivity index (χ4n) is 2.19. The first kappa shape index (κ1) is 11.3. The summed E-state index contributed by atoms with van der Waals surface area (Å²) in [5, 5.41) is 0.818. The van der Waals surface area contributed by atoms with Gasteiger partial charge in [-0.15, -0.1) is 0 Å². The minimum atomic E-state index is 0.177. The summed E-state index contributed by atoms with van der Waals surface area (Å²) in [6.45, 7) is 0.730. The highest BCUT2D eigenvalue weighted by Crippen LogP contribution is 2.38. The Kier molecular flexibility index (Phi) is 3.60. The second kappa shape index (κ2) is 4.77. The van der Waals surface area contributed by atoms with Crippen molar-refractivity contribution in [2.75, 3.05) is 18.1 Å². The van der Waals surface area contributed by atoms with Crippen molar-refractivity contribution in [3.63, 3.8) is 0 Å². The summed E-state index contributed by atoms with van der Waals surface area (Å²) >= 11 is 8.06. The zero-order valence-corrected chi connectivity index (χ0v) is 10.3. The number of hydrogen-bond donors (Lipinski definition) is 1. The van der Waals surface area contributed by atoms with Crippen molar-refractivity contribution in [3.05, 3.63) is 34.9 Å². The zero-order valence-electron chi connectivity index (χ0n) is 8.71. The van der Waals surface area contributed by atoms with Gasteiger partial charge >= 0.3 is 0 Å². The third-order valence-corrected chi connectivity index (χ3v) is 4.50. The first-order chi connectivity index (χ1) is 7.27. The van der Waals surface area contributed by atoms with Crippen LogP contribution in [0.2, 0.25) is 5.02 Å². The Morgan fingerprint density at radius 3 is 2.67 bits per heavy atom. The molecule has 1 aromatic carbocycles. The molecule has 1 aromatic rings. The number of hydrogen-bond acceptors (Lipinski definition) is 2. The highest BCUT2D eigenvalue weighted by molar-refractivity contribution is 7.99. The van der Waals surface area contributed by atoms with E-state index in [1.807, 2.05) is 23.9 Å². The van der Waals surface area contributed by atoms with Crippen molar-refractivity contribution in [2.24, 2.45) is 5.73 Å². The van der Waals surface area contributed by atoms with Crippen LogP contribution in [0.25, 0.3) is 0 Å². The van der Waals surface area contributed by atoms with Crippen molar-refractivity contribution >= 4 is 23.4 Å². The smallest absolute Gasteiger partial charge is 0.0408 e. The second-order valence-electron chi connectivity index (χ2n) is 4.11. The average Bonchev–Trinajstić information content (AvgIpc) is 2.30. The third kappa shape index (κ3) is 2.32. The van der Waals surface area contributed by atoms with Gasteiger partial charge in [-0.3, -0.25) is 0 Å². The minimum absolute atomic E-state index is 0.177. The minimum Gasteiger partial charge on any atom is -0.330 e. The van der Waals surface area contributed by atoms with Crippen LogP contribution >= 0.6 is 23.4 Å². The van der Waals surface area contributed by atoms with E-state index in [-0.39, 0.29) is 5.41 Å². The highest BCUT2D eigenvalue weighted by Gasteiger charge is 2.32. The van der Waals surface area contributed by atoms with Crippen LogP contribution in [0.15, 0.2) is 24.3 Å². The monoisotopic (exact) mass is 241 g/mol. The van der Waals surface area contributed by atoms with E-state index in [1.165, 1.54) is 29.9 Å². The maximum atomic E-state index is 6.04. The molecule has 0 atom stereocenters. The molecule has 2 rings (SSSR count). The van der Waals surface area contributed by atoms with Gasteiger partial charge in [0.25, 0.3) is 0 Å². The summed E-state index contributed by atoms with van der Waals surface area (Å²) in [4.78, 5) is 0. The maximum absolute atomic E-state index is 6.04. The van der Waals surface area contributed by atoms with Crippen LogP contribution < -0.4 is 5.73 Å². The fourth-order valence-corrected chi connectivity index (χ4v) is 3.66. The molecule has 0 aromatic heterocycles. The van der Waals surface area contributed by atoms with Gasteiger partial charge in [0, 0.05) is 17.0 Å². The van der Waals surface area contributed by atoms with Crippen molar-refractivity contribution in [1.82, 2.24) is 0 Å². The van der Waals surface area contributed by atoms with Crippen LogP contribution in [0, 0.1) is 0 Å². The molecule has 0 radical (unpaired) electrons. The first-order valence-electron chi connectivity index (χ1n) is 5.31. The van der Waals surface area contributed by atoms with Crippen LogP contribution in [-0.4, -0.2) is 18.1 Å². The Bertz CT molecular complexity index is 334. The molecule has 0 unspecified atom stereocenters. The molecule has 3 heteroatoms. The number of rotatable bonds is 2. The Labute approximate surface area is 100 Å². The topological polar surface area (TPSA) is 26.0 Å². The molecule has 1 aliphatic heterocycles. The number of benzene rings is 1. The quantitative estimate of drug-likeness (QED) is 0.861. The van der Waals surface area contributed by atoms with Crippen LogP contribution in [0.1, 0.15) is 18.4 Å². The summed E-state index contributed by atoms with van der Waals surface area (Å²) in [6, 6.07) is 8.18. The lowest BCUT2D eigenvalue weighted by atomic mass is 9.75. The van der Waals surface area contributed by atoms with Crippen molar-refractivity contribution in [3.8, 4) is 0 Å². The van der Waals surface area contributed by atoms with E-state index in [2.05, 4.69) is 12.1 Å². The molecular weight excluding hydrogens is 226 g/mol. The average molecular weight is 242 g/mol. The maximum Gasteiger partial charge on any atom is 0.0408 e. The van der Waals surface area contributed by atoms with Gasteiger partial charge < -0.3 is 5.73 Å². The van der Waals surface area contributed by atoms with Gasteiger partial charge in [0.2, 0.25) is 0 Å². The molecule has 0 bridgehead atoms. The molecule has 82 valence electrons. The largest absolute Gasteiger partial charge is 0.330 e. The predicted octanol–water partition coefficient (Wildman–Crippen LogP) is 3.06. The van der Waals surface area contributed by atoms with E-state index in [4.69, 9.17) is 17.3 Å². The summed E-state index contributed by atoms with van der Waals surface area (Å²) in [5.41, 5.74) is 7.46. The Balaban J connectivity index is 2.32. The number of nitrogens with two attached hydrogens (primary N) is 1. The molecule has 1 fully saturated rings. The van der Waals surface area contributed by atoms with Gasteiger partial charge in [-0.25, -0.2) is 0 Å². The van der Waals surface area contributed by atoms with Gasteiger partial charge in [0.15, 0.2) is 0 Å². The lowest BCUT2D eigenvalue weighted by Gasteiger charge is -2.36. The number of thioether (sulfide) groups is 1. The van der Waals surface area contributed by atoms with Crippen molar-refractivity contribution in [2.45, 2.75) is 18.3 Å². The second-order valence-corrected chi connectivity index (χ2v) is 5.77. The Morgan fingerprint density at radius 2 is 2.07 bits per heavy atom. The first-order valence-corrected chi connectivity index (χ1v) is 6.84. The summed E-state index contributed by atoms with van der Waals surface area (Å²) < 4.78 is 0. The molecular formula is C12H16ClNS. The molecule has 2 N–H and O–H groups in total. The van der Waals surface area contributed by atoms with E-state index in [9.17, 15) is 0 Å². The molecule has 1 aliphatic rings. The van der Waals surface area contributed by atoms with Gasteiger partial charge in [-0.2, -0.15) is 11.8 Å².